The van der Waals surface area contributed by atoms with Gasteiger partial charge in [0.25, 0.3) is 11.6 Å². The number of nitrogens with one attached hydrogen (secondary N) is 1. The molecule has 1 amide bonds. The highest BCUT2D eigenvalue weighted by molar-refractivity contribution is 7.13. The van der Waals surface area contributed by atoms with Crippen molar-refractivity contribution < 1.29 is 9.72 Å². The van der Waals surface area contributed by atoms with Gasteiger partial charge in [-0.3, -0.25) is 14.9 Å². The SMILES string of the molecule is CNCC1CCCN(C(=O)c2csc(-c3ccc([N+](=O)[O-])cc3)n2)C1. The van der Waals surface area contributed by atoms with Crippen molar-refractivity contribution in [2.75, 3.05) is 26.7 Å². The van der Waals surface area contributed by atoms with Crippen molar-refractivity contribution in [3.05, 3.63) is 45.5 Å². The maximum Gasteiger partial charge on any atom is 0.273 e. The number of nitro benzene ring substituents is 1. The molecule has 1 aliphatic heterocycles. The summed E-state index contributed by atoms with van der Waals surface area (Å²) < 4.78 is 0. The normalized spacial score (nSPS) is 17.5. The van der Waals surface area contributed by atoms with Gasteiger partial charge in [-0.1, -0.05) is 0 Å². The van der Waals surface area contributed by atoms with Crippen molar-refractivity contribution in [3.8, 4) is 10.6 Å². The number of benzene rings is 1. The van der Waals surface area contributed by atoms with E-state index >= 15 is 0 Å². The number of thiazole rings is 1. The van der Waals surface area contributed by atoms with E-state index in [1.54, 1.807) is 17.5 Å². The summed E-state index contributed by atoms with van der Waals surface area (Å²) >= 11 is 1.38. The van der Waals surface area contributed by atoms with Gasteiger partial charge in [0.15, 0.2) is 0 Å². The van der Waals surface area contributed by atoms with Crippen molar-refractivity contribution >= 4 is 22.9 Å². The Bertz CT molecular complexity index is 758. The first kappa shape index (κ1) is 17.5. The molecule has 1 unspecified atom stereocenters. The van der Waals surface area contributed by atoms with Gasteiger partial charge in [-0.15, -0.1) is 11.3 Å². The maximum atomic E-state index is 12.7. The molecule has 1 atom stereocenters. The monoisotopic (exact) mass is 360 g/mol. The third kappa shape index (κ3) is 4.02. The van der Waals surface area contributed by atoms with E-state index in [1.807, 2.05) is 11.9 Å². The molecule has 0 radical (unpaired) electrons. The zero-order valence-electron chi connectivity index (χ0n) is 14.0. The first-order chi connectivity index (χ1) is 12.1. The number of nitrogens with zero attached hydrogens (tertiary/aromatic N) is 3. The van der Waals surface area contributed by atoms with Crippen LogP contribution in [0.2, 0.25) is 0 Å². The van der Waals surface area contributed by atoms with Crippen LogP contribution in [0.1, 0.15) is 23.3 Å². The van der Waals surface area contributed by atoms with Crippen LogP contribution < -0.4 is 5.32 Å². The third-order valence-electron chi connectivity index (χ3n) is 4.35. The van der Waals surface area contributed by atoms with E-state index in [-0.39, 0.29) is 11.6 Å². The highest BCUT2D eigenvalue weighted by Gasteiger charge is 2.25. The van der Waals surface area contributed by atoms with Crippen LogP contribution in [0.5, 0.6) is 0 Å². The molecule has 25 heavy (non-hydrogen) atoms. The van der Waals surface area contributed by atoms with Crippen LogP contribution in [-0.4, -0.2) is 47.4 Å². The number of hydrogen-bond donors (Lipinski definition) is 1. The number of nitro groups is 1. The molecule has 8 heteroatoms. The molecule has 7 nitrogen and oxygen atoms in total. The summed E-state index contributed by atoms with van der Waals surface area (Å²) in [5.74, 6) is 0.445. The van der Waals surface area contributed by atoms with Crippen molar-refractivity contribution in [1.82, 2.24) is 15.2 Å². The largest absolute Gasteiger partial charge is 0.337 e. The molecule has 3 rings (SSSR count). The van der Waals surface area contributed by atoms with Crippen molar-refractivity contribution in [2.45, 2.75) is 12.8 Å². The molecule has 2 heterocycles. The standard InChI is InChI=1S/C17H20N4O3S/c1-18-9-12-3-2-8-20(10-12)17(22)15-11-25-16(19-15)13-4-6-14(7-5-13)21(23)24/h4-7,11-12,18H,2-3,8-10H2,1H3. The molecule has 0 saturated carbocycles. The molecule has 1 aromatic carbocycles. The van der Waals surface area contributed by atoms with E-state index in [0.717, 1.165) is 38.0 Å². The lowest BCUT2D eigenvalue weighted by atomic mass is 9.98. The molecule has 0 bridgehead atoms. The minimum Gasteiger partial charge on any atom is -0.337 e. The quantitative estimate of drug-likeness (QED) is 0.654. The highest BCUT2D eigenvalue weighted by Crippen LogP contribution is 2.27. The molecule has 1 aromatic heterocycles. The minimum atomic E-state index is -0.432. The fourth-order valence-electron chi connectivity index (χ4n) is 3.10. The summed E-state index contributed by atoms with van der Waals surface area (Å²) in [7, 11) is 1.93. The molecule has 1 fully saturated rings. The summed E-state index contributed by atoms with van der Waals surface area (Å²) in [6.07, 6.45) is 2.15. The number of likely N-dealkylation sites (tertiary alicyclic amines) is 1. The smallest absolute Gasteiger partial charge is 0.273 e. The van der Waals surface area contributed by atoms with E-state index < -0.39 is 4.92 Å². The first-order valence-electron chi connectivity index (χ1n) is 8.22. The van der Waals surface area contributed by atoms with Gasteiger partial charge in [-0.2, -0.15) is 0 Å². The summed E-state index contributed by atoms with van der Waals surface area (Å²) in [5.41, 5.74) is 1.27. The second kappa shape index (κ2) is 7.71. The van der Waals surface area contributed by atoms with Crippen LogP contribution in [0.15, 0.2) is 29.6 Å². The van der Waals surface area contributed by atoms with Gasteiger partial charge < -0.3 is 10.2 Å². The Balaban J connectivity index is 1.72. The fourth-order valence-corrected chi connectivity index (χ4v) is 3.90. The molecule has 1 N–H and O–H groups in total. The van der Waals surface area contributed by atoms with Crippen LogP contribution in [-0.2, 0) is 0 Å². The van der Waals surface area contributed by atoms with E-state index in [0.29, 0.717) is 16.6 Å². The van der Waals surface area contributed by atoms with Crippen LogP contribution in [0, 0.1) is 16.0 Å². The van der Waals surface area contributed by atoms with Crippen molar-refractivity contribution in [3.63, 3.8) is 0 Å². The number of non-ortho nitro benzene ring substituents is 1. The summed E-state index contributed by atoms with van der Waals surface area (Å²) in [6.45, 7) is 2.43. The van der Waals surface area contributed by atoms with Crippen LogP contribution in [0.3, 0.4) is 0 Å². The Morgan fingerprint density at radius 3 is 2.88 bits per heavy atom. The van der Waals surface area contributed by atoms with E-state index in [2.05, 4.69) is 10.3 Å². The Hall–Kier alpha value is -2.32. The van der Waals surface area contributed by atoms with Gasteiger partial charge in [0, 0.05) is 36.2 Å². The summed E-state index contributed by atoms with van der Waals surface area (Å²) in [5, 5.41) is 16.4. The topological polar surface area (TPSA) is 88.4 Å². The average Bonchev–Trinajstić information content (AvgIpc) is 3.12. The van der Waals surface area contributed by atoms with E-state index in [1.165, 1.54) is 23.5 Å². The number of carbonyl (C=O) groups is 1. The number of carbonyl (C=O) groups excluding carboxylic acids is 1. The Morgan fingerprint density at radius 1 is 1.44 bits per heavy atom. The van der Waals surface area contributed by atoms with Gasteiger partial charge in [0.1, 0.15) is 10.7 Å². The zero-order valence-corrected chi connectivity index (χ0v) is 14.8. The van der Waals surface area contributed by atoms with E-state index in [9.17, 15) is 14.9 Å². The zero-order chi connectivity index (χ0) is 17.8. The lowest BCUT2D eigenvalue weighted by Crippen LogP contribution is -2.42. The second-order valence-corrected chi connectivity index (χ2v) is 7.02. The second-order valence-electron chi connectivity index (χ2n) is 6.16. The molecule has 0 aliphatic carbocycles. The highest BCUT2D eigenvalue weighted by atomic mass is 32.1. The Morgan fingerprint density at radius 2 is 2.20 bits per heavy atom. The molecular formula is C17H20N4O3S. The van der Waals surface area contributed by atoms with E-state index in [4.69, 9.17) is 0 Å². The predicted molar refractivity (Wildman–Crippen MR) is 96.8 cm³/mol. The fraction of sp³-hybridized carbons (Fsp3) is 0.412. The number of amides is 1. The Labute approximate surface area is 149 Å². The summed E-state index contributed by atoms with van der Waals surface area (Å²) in [6, 6.07) is 6.22. The number of rotatable bonds is 5. The van der Waals surface area contributed by atoms with Gasteiger partial charge >= 0.3 is 0 Å². The molecular weight excluding hydrogens is 340 g/mol. The van der Waals surface area contributed by atoms with Gasteiger partial charge in [0.2, 0.25) is 0 Å². The lowest BCUT2D eigenvalue weighted by molar-refractivity contribution is -0.384. The number of hydrogen-bond acceptors (Lipinski definition) is 6. The molecule has 2 aromatic rings. The van der Waals surface area contributed by atoms with Gasteiger partial charge in [0.05, 0.1) is 4.92 Å². The number of aromatic nitrogens is 1. The van der Waals surface area contributed by atoms with Crippen LogP contribution in [0.25, 0.3) is 10.6 Å². The summed E-state index contributed by atoms with van der Waals surface area (Å²) in [4.78, 5) is 29.3. The third-order valence-corrected chi connectivity index (χ3v) is 5.24. The van der Waals surface area contributed by atoms with Crippen molar-refractivity contribution in [1.29, 1.82) is 0 Å². The number of piperidine rings is 1. The minimum absolute atomic E-state index is 0.0368. The average molecular weight is 360 g/mol. The Kier molecular flexibility index (Phi) is 5.40. The van der Waals surface area contributed by atoms with Gasteiger partial charge in [-0.05, 0) is 44.5 Å². The van der Waals surface area contributed by atoms with Gasteiger partial charge in [-0.25, -0.2) is 4.98 Å². The lowest BCUT2D eigenvalue weighted by Gasteiger charge is -2.32. The molecule has 0 spiro atoms. The van der Waals surface area contributed by atoms with Crippen LogP contribution in [0.4, 0.5) is 5.69 Å². The molecule has 1 saturated heterocycles. The molecule has 132 valence electrons. The molecule has 1 aliphatic rings. The van der Waals surface area contributed by atoms with Crippen molar-refractivity contribution in [2.24, 2.45) is 5.92 Å². The predicted octanol–water partition coefficient (Wildman–Crippen LogP) is 2.79. The first-order valence-corrected chi connectivity index (χ1v) is 9.10. The van der Waals surface area contributed by atoms with Crippen LogP contribution >= 0.6 is 11.3 Å². The maximum absolute atomic E-state index is 12.7.